The zero-order valence-electron chi connectivity index (χ0n) is 7.19. The molecule has 0 spiro atoms. The summed E-state index contributed by atoms with van der Waals surface area (Å²) in [6.45, 7) is 0. The molecule has 0 atom stereocenters. The number of halogens is 3. The molecule has 0 amide bonds. The Bertz CT molecular complexity index is 356. The number of hydrogen-bond acceptors (Lipinski definition) is 4. The zero-order chi connectivity index (χ0) is 11.6. The second-order valence-corrected chi connectivity index (χ2v) is 3.12. The van der Waals surface area contributed by atoms with E-state index in [1.54, 1.807) is 0 Å². The Kier molecular flexibility index (Phi) is 3.53. The fraction of sp³-hybridized carbons (Fsp3) is 0.143. The first-order valence-electron chi connectivity index (χ1n) is 3.74. The van der Waals surface area contributed by atoms with Crippen molar-refractivity contribution in [3.05, 3.63) is 18.2 Å². The summed E-state index contributed by atoms with van der Waals surface area (Å²) in [4.78, 5) is 0.00625. The van der Waals surface area contributed by atoms with Gasteiger partial charge in [0.1, 0.15) is 5.75 Å². The highest BCUT2D eigenvalue weighted by molar-refractivity contribution is 7.80. The monoisotopic (exact) mass is 238 g/mol. The summed E-state index contributed by atoms with van der Waals surface area (Å²) in [5, 5.41) is 17.5. The molecule has 1 rings (SSSR count). The number of thiol groups is 1. The maximum absolute atomic E-state index is 11.8. The first kappa shape index (κ1) is 12.2. The highest BCUT2D eigenvalue weighted by Gasteiger charge is 2.31. The molecular formula is C7H6BF3O3S. The molecule has 2 N–H and O–H groups in total. The lowest BCUT2D eigenvalue weighted by atomic mass is 9.80. The average Bonchev–Trinajstić information content (AvgIpc) is 1.99. The van der Waals surface area contributed by atoms with E-state index in [0.29, 0.717) is 0 Å². The van der Waals surface area contributed by atoms with Crippen molar-refractivity contribution in [2.75, 3.05) is 0 Å². The van der Waals surface area contributed by atoms with E-state index in [1.165, 1.54) is 0 Å². The average molecular weight is 238 g/mol. The van der Waals surface area contributed by atoms with Crippen LogP contribution < -0.4 is 10.2 Å². The minimum Gasteiger partial charge on any atom is -0.423 e. The molecule has 0 aliphatic carbocycles. The Morgan fingerprint density at radius 3 is 2.27 bits per heavy atom. The van der Waals surface area contributed by atoms with E-state index in [4.69, 9.17) is 10.0 Å². The highest BCUT2D eigenvalue weighted by atomic mass is 32.1. The summed E-state index contributed by atoms with van der Waals surface area (Å²) >= 11 is 3.79. The number of alkyl halides is 3. The van der Waals surface area contributed by atoms with Gasteiger partial charge in [-0.25, -0.2) is 0 Å². The summed E-state index contributed by atoms with van der Waals surface area (Å²) < 4.78 is 39.0. The Labute approximate surface area is 89.0 Å². The van der Waals surface area contributed by atoms with Crippen molar-refractivity contribution in [3.63, 3.8) is 0 Å². The first-order chi connectivity index (χ1) is 6.79. The van der Waals surface area contributed by atoms with Crippen molar-refractivity contribution in [2.24, 2.45) is 0 Å². The third-order valence-corrected chi connectivity index (χ3v) is 1.90. The molecule has 82 valence electrons. The van der Waals surface area contributed by atoms with Crippen molar-refractivity contribution in [3.8, 4) is 5.75 Å². The molecular weight excluding hydrogens is 232 g/mol. The third kappa shape index (κ3) is 3.65. The SMILES string of the molecule is OB(O)c1ccc(OC(F)(F)F)cc1S. The van der Waals surface area contributed by atoms with E-state index in [9.17, 15) is 13.2 Å². The quantitative estimate of drug-likeness (QED) is 0.521. The van der Waals surface area contributed by atoms with Gasteiger partial charge in [0.25, 0.3) is 0 Å². The molecule has 0 bridgehead atoms. The molecule has 1 aromatic rings. The van der Waals surface area contributed by atoms with Crippen molar-refractivity contribution >= 4 is 25.2 Å². The van der Waals surface area contributed by atoms with Crippen LogP contribution in [-0.4, -0.2) is 23.5 Å². The largest absolute Gasteiger partial charge is 0.573 e. The van der Waals surface area contributed by atoms with Gasteiger partial charge in [0.15, 0.2) is 0 Å². The predicted molar refractivity (Wildman–Crippen MR) is 50.2 cm³/mol. The van der Waals surface area contributed by atoms with Gasteiger partial charge >= 0.3 is 13.5 Å². The van der Waals surface area contributed by atoms with E-state index in [0.717, 1.165) is 18.2 Å². The molecule has 1 aromatic carbocycles. The minimum absolute atomic E-state index is 0.00625. The fourth-order valence-corrected chi connectivity index (χ4v) is 1.26. The van der Waals surface area contributed by atoms with Crippen molar-refractivity contribution < 1.29 is 28.0 Å². The second kappa shape index (κ2) is 4.34. The van der Waals surface area contributed by atoms with Crippen LogP contribution in [0.15, 0.2) is 23.1 Å². The maximum Gasteiger partial charge on any atom is 0.573 e. The Hall–Kier alpha value is -0.855. The van der Waals surface area contributed by atoms with Crippen LogP contribution in [-0.2, 0) is 0 Å². The van der Waals surface area contributed by atoms with Gasteiger partial charge < -0.3 is 14.8 Å². The van der Waals surface area contributed by atoms with Gasteiger partial charge in [0.2, 0.25) is 0 Å². The van der Waals surface area contributed by atoms with Crippen LogP contribution in [0.2, 0.25) is 0 Å². The number of ether oxygens (including phenoxy) is 1. The summed E-state index contributed by atoms with van der Waals surface area (Å²) in [6.07, 6.45) is -4.78. The Morgan fingerprint density at radius 2 is 1.87 bits per heavy atom. The van der Waals surface area contributed by atoms with Crippen LogP contribution in [0.5, 0.6) is 5.75 Å². The zero-order valence-corrected chi connectivity index (χ0v) is 8.09. The molecule has 8 heteroatoms. The predicted octanol–water partition coefficient (Wildman–Crippen LogP) is 0.554. The molecule has 15 heavy (non-hydrogen) atoms. The van der Waals surface area contributed by atoms with Gasteiger partial charge in [-0.3, -0.25) is 0 Å². The van der Waals surface area contributed by atoms with Crippen LogP contribution in [0.1, 0.15) is 0 Å². The van der Waals surface area contributed by atoms with E-state index < -0.39 is 19.2 Å². The molecule has 0 heterocycles. The van der Waals surface area contributed by atoms with Crippen molar-refractivity contribution in [1.82, 2.24) is 0 Å². The highest BCUT2D eigenvalue weighted by Crippen LogP contribution is 2.23. The Morgan fingerprint density at radius 1 is 1.27 bits per heavy atom. The number of hydrogen-bond donors (Lipinski definition) is 3. The van der Waals surface area contributed by atoms with Crippen molar-refractivity contribution in [1.29, 1.82) is 0 Å². The lowest BCUT2D eigenvalue weighted by Gasteiger charge is -2.10. The number of benzene rings is 1. The lowest BCUT2D eigenvalue weighted by molar-refractivity contribution is -0.274. The van der Waals surface area contributed by atoms with Crippen LogP contribution in [0.25, 0.3) is 0 Å². The summed E-state index contributed by atoms with van der Waals surface area (Å²) in [6, 6.07) is 3.02. The van der Waals surface area contributed by atoms with E-state index in [-0.39, 0.29) is 10.4 Å². The minimum atomic E-state index is -4.78. The molecule has 0 radical (unpaired) electrons. The summed E-state index contributed by atoms with van der Waals surface area (Å²) in [7, 11) is -1.78. The standard InChI is InChI=1S/C7H6BF3O3S/c9-7(10,11)14-4-1-2-5(8(12)13)6(15)3-4/h1-3,12-13,15H. The van der Waals surface area contributed by atoms with Crippen LogP contribution in [0.3, 0.4) is 0 Å². The van der Waals surface area contributed by atoms with Crippen LogP contribution >= 0.6 is 12.6 Å². The second-order valence-electron chi connectivity index (χ2n) is 2.64. The number of rotatable bonds is 2. The lowest BCUT2D eigenvalue weighted by Crippen LogP contribution is -2.31. The summed E-state index contributed by atoms with van der Waals surface area (Å²) in [5.41, 5.74) is 0.00728. The van der Waals surface area contributed by atoms with Gasteiger partial charge in [-0.2, -0.15) is 0 Å². The summed E-state index contributed by atoms with van der Waals surface area (Å²) in [5.74, 6) is -0.461. The first-order valence-corrected chi connectivity index (χ1v) is 4.19. The van der Waals surface area contributed by atoms with Gasteiger partial charge in [-0.05, 0) is 17.6 Å². The molecule has 0 aromatic heterocycles. The van der Waals surface area contributed by atoms with E-state index in [1.807, 2.05) is 0 Å². The molecule has 3 nitrogen and oxygen atoms in total. The van der Waals surface area contributed by atoms with Gasteiger partial charge in [0, 0.05) is 4.90 Å². The molecule has 0 saturated heterocycles. The normalized spacial score (nSPS) is 11.3. The smallest absolute Gasteiger partial charge is 0.423 e. The molecule has 0 aliphatic rings. The van der Waals surface area contributed by atoms with Gasteiger partial charge in [-0.15, -0.1) is 25.8 Å². The van der Waals surface area contributed by atoms with Gasteiger partial charge in [0.05, 0.1) is 0 Å². The molecule has 0 saturated carbocycles. The molecule has 0 fully saturated rings. The third-order valence-electron chi connectivity index (χ3n) is 1.51. The topological polar surface area (TPSA) is 49.7 Å². The molecule has 0 unspecified atom stereocenters. The maximum atomic E-state index is 11.8. The molecule has 0 aliphatic heterocycles. The van der Waals surface area contributed by atoms with E-state index >= 15 is 0 Å². The van der Waals surface area contributed by atoms with Crippen LogP contribution in [0, 0.1) is 0 Å². The fourth-order valence-electron chi connectivity index (χ4n) is 0.939. The van der Waals surface area contributed by atoms with E-state index in [2.05, 4.69) is 17.4 Å². The van der Waals surface area contributed by atoms with Crippen LogP contribution in [0.4, 0.5) is 13.2 Å². The Balaban J connectivity index is 2.92. The van der Waals surface area contributed by atoms with Gasteiger partial charge in [-0.1, -0.05) is 6.07 Å². The van der Waals surface area contributed by atoms with Crippen molar-refractivity contribution in [2.45, 2.75) is 11.3 Å².